The number of halogens is 2. The van der Waals surface area contributed by atoms with Gasteiger partial charge in [-0.1, -0.05) is 29.3 Å². The Morgan fingerprint density at radius 1 is 1.06 bits per heavy atom. The van der Waals surface area contributed by atoms with Gasteiger partial charge in [0.15, 0.2) is 11.5 Å². The number of amides is 1. The maximum absolute atomic E-state index is 12.9. The molecule has 1 aliphatic heterocycles. The van der Waals surface area contributed by atoms with E-state index in [4.69, 9.17) is 32.7 Å². The number of benzene rings is 2. The van der Waals surface area contributed by atoms with Crippen LogP contribution in [0.25, 0.3) is 0 Å². The number of hydrogen-bond acceptors (Lipinski definition) is 5. The molecule has 10 heteroatoms. The summed E-state index contributed by atoms with van der Waals surface area (Å²) in [6.07, 6.45) is 2.36. The Hall–Kier alpha value is -2.00. The van der Waals surface area contributed by atoms with Crippen LogP contribution in [0.5, 0.6) is 11.5 Å². The summed E-state index contributed by atoms with van der Waals surface area (Å²) in [5.41, 5.74) is 0.842. The SMILES string of the molecule is CC(NC(=O)c1cc(S(=O)(=O)NC2CC2)c(Cl)cc1Cl)c1ccc2c(c1)OCCCO2. The molecule has 166 valence electrons. The van der Waals surface area contributed by atoms with Crippen LogP contribution in [-0.2, 0) is 10.0 Å². The van der Waals surface area contributed by atoms with Gasteiger partial charge in [-0.05, 0) is 49.6 Å². The number of fused-ring (bicyclic) bond motifs is 1. The highest BCUT2D eigenvalue weighted by Crippen LogP contribution is 2.33. The van der Waals surface area contributed by atoms with Gasteiger partial charge < -0.3 is 14.8 Å². The quantitative estimate of drug-likeness (QED) is 0.643. The van der Waals surface area contributed by atoms with E-state index in [2.05, 4.69) is 10.0 Å². The molecule has 7 nitrogen and oxygen atoms in total. The molecular weight excluding hydrogens is 463 g/mol. The molecule has 2 aromatic carbocycles. The first-order valence-corrected chi connectivity index (χ1v) is 12.2. The van der Waals surface area contributed by atoms with Crippen LogP contribution >= 0.6 is 23.2 Å². The zero-order valence-electron chi connectivity index (χ0n) is 16.8. The van der Waals surface area contributed by atoms with Crippen molar-refractivity contribution in [2.75, 3.05) is 13.2 Å². The van der Waals surface area contributed by atoms with Gasteiger partial charge in [-0.25, -0.2) is 13.1 Å². The second kappa shape index (κ2) is 8.86. The van der Waals surface area contributed by atoms with Crippen LogP contribution in [0.3, 0.4) is 0 Å². The van der Waals surface area contributed by atoms with Gasteiger partial charge in [0.05, 0.1) is 34.9 Å². The molecule has 2 aliphatic rings. The molecule has 1 heterocycles. The van der Waals surface area contributed by atoms with E-state index in [9.17, 15) is 13.2 Å². The van der Waals surface area contributed by atoms with Crippen molar-refractivity contribution in [1.82, 2.24) is 10.0 Å². The molecule has 1 unspecified atom stereocenters. The second-order valence-electron chi connectivity index (χ2n) is 7.61. The maximum atomic E-state index is 12.9. The predicted octanol–water partition coefficient (Wildman–Crippen LogP) is 4.09. The van der Waals surface area contributed by atoms with Crippen LogP contribution in [0.4, 0.5) is 0 Å². The molecule has 1 saturated carbocycles. The number of carbonyl (C=O) groups excluding carboxylic acids is 1. The van der Waals surface area contributed by atoms with E-state index in [-0.39, 0.29) is 32.6 Å². The summed E-state index contributed by atoms with van der Waals surface area (Å²) in [6, 6.07) is 7.49. The predicted molar refractivity (Wildman–Crippen MR) is 118 cm³/mol. The number of carbonyl (C=O) groups is 1. The Kier molecular flexibility index (Phi) is 6.35. The van der Waals surface area contributed by atoms with Gasteiger partial charge in [-0.2, -0.15) is 0 Å². The third-order valence-corrected chi connectivity index (χ3v) is 7.37. The smallest absolute Gasteiger partial charge is 0.253 e. The average molecular weight is 485 g/mol. The van der Waals surface area contributed by atoms with E-state index < -0.39 is 15.9 Å². The van der Waals surface area contributed by atoms with Crippen LogP contribution in [0, 0.1) is 0 Å². The fourth-order valence-corrected chi connectivity index (χ4v) is 5.36. The first-order valence-electron chi connectivity index (χ1n) is 9.96. The van der Waals surface area contributed by atoms with Crippen molar-refractivity contribution >= 4 is 39.1 Å². The summed E-state index contributed by atoms with van der Waals surface area (Å²) in [7, 11) is -3.85. The lowest BCUT2D eigenvalue weighted by molar-refractivity contribution is 0.0939. The largest absolute Gasteiger partial charge is 0.490 e. The Balaban J connectivity index is 1.55. The van der Waals surface area contributed by atoms with Gasteiger partial charge in [0.2, 0.25) is 10.0 Å². The zero-order valence-corrected chi connectivity index (χ0v) is 19.1. The average Bonchev–Trinajstić information content (AvgIpc) is 3.53. The Bertz CT molecular complexity index is 1120. The van der Waals surface area contributed by atoms with Crippen LogP contribution in [0.1, 0.15) is 48.1 Å². The lowest BCUT2D eigenvalue weighted by atomic mass is 10.1. The van der Waals surface area contributed by atoms with Crippen molar-refractivity contribution in [2.45, 2.75) is 43.2 Å². The molecule has 2 N–H and O–H groups in total. The minimum absolute atomic E-state index is 0.0310. The van der Waals surface area contributed by atoms with E-state index in [1.54, 1.807) is 0 Å². The molecule has 1 atom stereocenters. The molecule has 0 spiro atoms. The molecule has 1 aliphatic carbocycles. The van der Waals surface area contributed by atoms with Crippen molar-refractivity contribution < 1.29 is 22.7 Å². The van der Waals surface area contributed by atoms with Gasteiger partial charge >= 0.3 is 0 Å². The highest BCUT2D eigenvalue weighted by Gasteiger charge is 2.30. The Labute approximate surface area is 191 Å². The molecule has 0 radical (unpaired) electrons. The van der Waals surface area contributed by atoms with Gasteiger partial charge in [0.1, 0.15) is 4.90 Å². The van der Waals surface area contributed by atoms with Crippen molar-refractivity contribution in [3.05, 3.63) is 51.5 Å². The molecule has 1 fully saturated rings. The standard InChI is InChI=1S/C21H22Cl2N2O5S/c1-12(13-3-6-18-19(9-13)30-8-2-7-29-18)24-21(26)15-10-20(17(23)11-16(15)22)31(27,28)25-14-4-5-14/h3,6,9-12,14,25H,2,4-5,7-8H2,1H3,(H,24,26). The fourth-order valence-electron chi connectivity index (χ4n) is 3.20. The summed E-state index contributed by atoms with van der Waals surface area (Å²) >= 11 is 12.3. The van der Waals surface area contributed by atoms with E-state index in [0.29, 0.717) is 24.7 Å². The van der Waals surface area contributed by atoms with Gasteiger partial charge in [0.25, 0.3) is 5.91 Å². The number of ether oxygens (including phenoxy) is 2. The third-order valence-electron chi connectivity index (χ3n) is 5.07. The first-order chi connectivity index (χ1) is 14.7. The lowest BCUT2D eigenvalue weighted by Crippen LogP contribution is -2.29. The van der Waals surface area contributed by atoms with E-state index in [1.807, 2.05) is 25.1 Å². The summed E-state index contributed by atoms with van der Waals surface area (Å²) in [5.74, 6) is 0.780. The van der Waals surface area contributed by atoms with Gasteiger partial charge in [0, 0.05) is 12.5 Å². The molecular formula is C21H22Cl2N2O5S. The minimum Gasteiger partial charge on any atom is -0.490 e. The molecule has 2 aromatic rings. The normalized spacial score (nSPS) is 17.0. The minimum atomic E-state index is -3.85. The number of nitrogens with one attached hydrogen (secondary N) is 2. The molecule has 1 amide bonds. The zero-order chi connectivity index (χ0) is 22.2. The van der Waals surface area contributed by atoms with Gasteiger partial charge in [-0.15, -0.1) is 0 Å². The van der Waals surface area contributed by atoms with Crippen molar-refractivity contribution in [1.29, 1.82) is 0 Å². The van der Waals surface area contributed by atoms with Crippen LogP contribution in [0.15, 0.2) is 35.2 Å². The van der Waals surface area contributed by atoms with Crippen LogP contribution in [-0.4, -0.2) is 33.6 Å². The van der Waals surface area contributed by atoms with Crippen LogP contribution < -0.4 is 19.5 Å². The monoisotopic (exact) mass is 484 g/mol. The lowest BCUT2D eigenvalue weighted by Gasteiger charge is -2.18. The van der Waals surface area contributed by atoms with Gasteiger partial charge in [-0.3, -0.25) is 4.79 Å². The fraction of sp³-hybridized carbons (Fsp3) is 0.381. The highest BCUT2D eigenvalue weighted by molar-refractivity contribution is 7.89. The van der Waals surface area contributed by atoms with E-state index in [1.165, 1.54) is 12.1 Å². The van der Waals surface area contributed by atoms with Crippen molar-refractivity contribution in [3.8, 4) is 11.5 Å². The summed E-state index contributed by atoms with van der Waals surface area (Å²) in [6.45, 7) is 2.96. The summed E-state index contributed by atoms with van der Waals surface area (Å²) in [5, 5.41) is 2.88. The molecule has 0 bridgehead atoms. The maximum Gasteiger partial charge on any atom is 0.253 e. The highest BCUT2D eigenvalue weighted by atomic mass is 35.5. The summed E-state index contributed by atoms with van der Waals surface area (Å²) in [4.78, 5) is 12.7. The third kappa shape index (κ3) is 5.09. The summed E-state index contributed by atoms with van der Waals surface area (Å²) < 4.78 is 39.1. The van der Waals surface area contributed by atoms with Crippen molar-refractivity contribution in [3.63, 3.8) is 0 Å². The van der Waals surface area contributed by atoms with E-state index >= 15 is 0 Å². The van der Waals surface area contributed by atoms with E-state index in [0.717, 1.165) is 24.8 Å². The molecule has 4 rings (SSSR count). The topological polar surface area (TPSA) is 93.7 Å². The Morgan fingerprint density at radius 3 is 2.48 bits per heavy atom. The molecule has 31 heavy (non-hydrogen) atoms. The first kappa shape index (κ1) is 22.2. The Morgan fingerprint density at radius 2 is 1.77 bits per heavy atom. The van der Waals surface area contributed by atoms with Crippen LogP contribution in [0.2, 0.25) is 10.0 Å². The number of hydrogen-bond donors (Lipinski definition) is 2. The number of rotatable bonds is 6. The second-order valence-corrected chi connectivity index (χ2v) is 10.1. The molecule has 0 aromatic heterocycles. The van der Waals surface area contributed by atoms with Crippen molar-refractivity contribution in [2.24, 2.45) is 0 Å². The number of sulfonamides is 1. The molecule has 0 saturated heterocycles.